The Balaban J connectivity index is 2.55. The predicted molar refractivity (Wildman–Crippen MR) is 66.6 cm³/mol. The highest BCUT2D eigenvalue weighted by atomic mass is 32.2. The second-order valence-corrected chi connectivity index (χ2v) is 5.54. The van der Waals surface area contributed by atoms with E-state index < -0.39 is 18.1 Å². The molecular formula is C9H16N2O3S2. The number of carbonyl (C=O) groups is 2. The summed E-state index contributed by atoms with van der Waals surface area (Å²) in [6, 6.07) is -1.29. The summed E-state index contributed by atoms with van der Waals surface area (Å²) in [4.78, 5) is 24.2. The van der Waals surface area contributed by atoms with Crippen molar-refractivity contribution in [3.05, 3.63) is 0 Å². The van der Waals surface area contributed by atoms with E-state index in [0.29, 0.717) is 18.1 Å². The summed E-state index contributed by atoms with van der Waals surface area (Å²) >= 11 is 3.08. The number of carbonyl (C=O) groups excluding carboxylic acids is 1. The minimum absolute atomic E-state index is 0.244. The molecule has 1 amide bonds. The summed E-state index contributed by atoms with van der Waals surface area (Å²) in [6.45, 7) is 0. The van der Waals surface area contributed by atoms with E-state index in [2.05, 4.69) is 0 Å². The molecule has 92 valence electrons. The number of thioether (sulfide) groups is 2. The van der Waals surface area contributed by atoms with Gasteiger partial charge in [0.25, 0.3) is 0 Å². The maximum Gasteiger partial charge on any atom is 0.327 e. The molecule has 0 aromatic carbocycles. The topological polar surface area (TPSA) is 83.6 Å². The van der Waals surface area contributed by atoms with Crippen molar-refractivity contribution in [2.75, 3.05) is 23.6 Å². The lowest BCUT2D eigenvalue weighted by molar-refractivity contribution is -0.148. The van der Waals surface area contributed by atoms with Gasteiger partial charge in [0.15, 0.2) is 0 Å². The Morgan fingerprint density at radius 1 is 1.69 bits per heavy atom. The van der Waals surface area contributed by atoms with Crippen LogP contribution in [-0.2, 0) is 9.59 Å². The zero-order chi connectivity index (χ0) is 12.1. The highest BCUT2D eigenvalue weighted by Crippen LogP contribution is 2.22. The first-order valence-electron chi connectivity index (χ1n) is 4.93. The van der Waals surface area contributed by atoms with Crippen molar-refractivity contribution >= 4 is 35.4 Å². The Labute approximate surface area is 103 Å². The molecule has 0 aromatic rings. The Morgan fingerprint density at radius 3 is 2.94 bits per heavy atom. The molecule has 3 N–H and O–H groups in total. The van der Waals surface area contributed by atoms with Gasteiger partial charge in [-0.05, 0) is 18.4 Å². The summed E-state index contributed by atoms with van der Waals surface area (Å²) < 4.78 is 0. The number of carboxylic acids is 1. The van der Waals surface area contributed by atoms with Crippen molar-refractivity contribution in [1.29, 1.82) is 0 Å². The lowest BCUT2D eigenvalue weighted by Crippen LogP contribution is -2.49. The van der Waals surface area contributed by atoms with Crippen molar-refractivity contribution in [2.24, 2.45) is 5.73 Å². The van der Waals surface area contributed by atoms with Crippen molar-refractivity contribution in [1.82, 2.24) is 4.90 Å². The van der Waals surface area contributed by atoms with E-state index in [4.69, 9.17) is 10.8 Å². The van der Waals surface area contributed by atoms with Crippen LogP contribution in [0.1, 0.15) is 6.42 Å². The van der Waals surface area contributed by atoms with Crippen molar-refractivity contribution < 1.29 is 14.7 Å². The van der Waals surface area contributed by atoms with E-state index in [0.717, 1.165) is 5.75 Å². The molecular weight excluding hydrogens is 248 g/mol. The van der Waals surface area contributed by atoms with Gasteiger partial charge in [-0.3, -0.25) is 4.79 Å². The van der Waals surface area contributed by atoms with Gasteiger partial charge in [-0.1, -0.05) is 0 Å². The molecule has 1 heterocycles. The van der Waals surface area contributed by atoms with Crippen LogP contribution in [0.2, 0.25) is 0 Å². The molecule has 1 aliphatic rings. The molecule has 16 heavy (non-hydrogen) atoms. The molecule has 7 heteroatoms. The largest absolute Gasteiger partial charge is 0.480 e. The van der Waals surface area contributed by atoms with Crippen LogP contribution in [0.4, 0.5) is 0 Å². The molecule has 0 radical (unpaired) electrons. The Morgan fingerprint density at radius 2 is 2.38 bits per heavy atom. The Kier molecular flexibility index (Phi) is 5.43. The van der Waals surface area contributed by atoms with Gasteiger partial charge in [0.1, 0.15) is 6.04 Å². The zero-order valence-electron chi connectivity index (χ0n) is 9.09. The van der Waals surface area contributed by atoms with E-state index in [9.17, 15) is 9.59 Å². The summed E-state index contributed by atoms with van der Waals surface area (Å²) in [5.41, 5.74) is 5.74. The molecule has 1 fully saturated rings. The Bertz CT molecular complexity index is 275. The second kappa shape index (κ2) is 6.36. The lowest BCUT2D eigenvalue weighted by atomic mass is 10.2. The minimum atomic E-state index is -0.949. The molecule has 0 aliphatic carbocycles. The number of hydrogen-bond donors (Lipinski definition) is 2. The maximum atomic E-state index is 11.9. The summed E-state index contributed by atoms with van der Waals surface area (Å²) in [7, 11) is 0. The van der Waals surface area contributed by atoms with Gasteiger partial charge in [0.05, 0.1) is 11.9 Å². The molecule has 1 aliphatic heterocycles. The molecule has 0 saturated carbocycles. The monoisotopic (exact) mass is 264 g/mol. The van der Waals surface area contributed by atoms with E-state index >= 15 is 0 Å². The van der Waals surface area contributed by atoms with Crippen LogP contribution in [0.25, 0.3) is 0 Å². The lowest BCUT2D eigenvalue weighted by Gasteiger charge is -2.23. The number of aliphatic carboxylic acids is 1. The third-order valence-electron chi connectivity index (χ3n) is 2.40. The predicted octanol–water partition coefficient (Wildman–Crippen LogP) is 0.0529. The quantitative estimate of drug-likeness (QED) is 0.730. The number of rotatable bonds is 5. The van der Waals surface area contributed by atoms with Crippen LogP contribution >= 0.6 is 23.5 Å². The molecule has 1 rings (SSSR count). The molecule has 0 bridgehead atoms. The number of amides is 1. The fourth-order valence-corrected chi connectivity index (χ4v) is 3.09. The first-order chi connectivity index (χ1) is 7.57. The van der Waals surface area contributed by atoms with Crippen LogP contribution in [0.5, 0.6) is 0 Å². The SMILES string of the molecule is CSCC[C@@H](N)C(=O)N1CSC[C@H]1C(=O)O. The van der Waals surface area contributed by atoms with Gasteiger partial charge in [-0.2, -0.15) is 11.8 Å². The maximum absolute atomic E-state index is 11.9. The highest BCUT2D eigenvalue weighted by molar-refractivity contribution is 7.99. The van der Waals surface area contributed by atoms with Gasteiger partial charge in [0, 0.05) is 5.75 Å². The van der Waals surface area contributed by atoms with Crippen LogP contribution in [0.3, 0.4) is 0 Å². The van der Waals surface area contributed by atoms with Crippen molar-refractivity contribution in [3.8, 4) is 0 Å². The third-order valence-corrected chi connectivity index (χ3v) is 4.06. The van der Waals surface area contributed by atoms with E-state index in [1.54, 1.807) is 11.8 Å². The van der Waals surface area contributed by atoms with Gasteiger partial charge in [-0.15, -0.1) is 11.8 Å². The fourth-order valence-electron chi connectivity index (χ4n) is 1.45. The average molecular weight is 264 g/mol. The van der Waals surface area contributed by atoms with E-state index in [-0.39, 0.29) is 5.91 Å². The third kappa shape index (κ3) is 3.29. The van der Waals surface area contributed by atoms with Crippen LogP contribution in [-0.4, -0.2) is 57.6 Å². The van der Waals surface area contributed by atoms with Crippen LogP contribution < -0.4 is 5.73 Å². The van der Waals surface area contributed by atoms with Crippen LogP contribution in [0.15, 0.2) is 0 Å². The first-order valence-corrected chi connectivity index (χ1v) is 7.48. The molecule has 5 nitrogen and oxygen atoms in total. The van der Waals surface area contributed by atoms with Gasteiger partial charge < -0.3 is 15.7 Å². The first kappa shape index (κ1) is 13.7. The fraction of sp³-hybridized carbons (Fsp3) is 0.778. The number of carboxylic acid groups (broad SMARTS) is 1. The van der Waals surface area contributed by atoms with E-state index in [1.165, 1.54) is 16.7 Å². The van der Waals surface area contributed by atoms with Crippen molar-refractivity contribution in [3.63, 3.8) is 0 Å². The van der Waals surface area contributed by atoms with Gasteiger partial charge in [0.2, 0.25) is 5.91 Å². The molecule has 0 unspecified atom stereocenters. The summed E-state index contributed by atoms with van der Waals surface area (Å²) in [5.74, 6) is 0.506. The second-order valence-electron chi connectivity index (χ2n) is 3.55. The number of nitrogens with zero attached hydrogens (tertiary/aromatic N) is 1. The standard InChI is InChI=1S/C9H16N2O3S2/c1-15-3-2-6(10)8(12)11-5-16-4-7(11)9(13)14/h6-7H,2-5,10H2,1H3,(H,13,14)/t6-,7+/m1/s1. The van der Waals surface area contributed by atoms with Gasteiger partial charge >= 0.3 is 5.97 Å². The van der Waals surface area contributed by atoms with Crippen LogP contribution in [0, 0.1) is 0 Å². The minimum Gasteiger partial charge on any atom is -0.480 e. The molecule has 0 aromatic heterocycles. The molecule has 2 atom stereocenters. The molecule has 1 saturated heterocycles. The number of nitrogens with two attached hydrogens (primary N) is 1. The molecule has 0 spiro atoms. The Hall–Kier alpha value is -0.400. The average Bonchev–Trinajstić information content (AvgIpc) is 2.73. The normalized spacial score (nSPS) is 22.1. The van der Waals surface area contributed by atoms with Gasteiger partial charge in [-0.25, -0.2) is 4.79 Å². The highest BCUT2D eigenvalue weighted by Gasteiger charge is 2.36. The summed E-state index contributed by atoms with van der Waals surface area (Å²) in [5, 5.41) is 8.94. The smallest absolute Gasteiger partial charge is 0.327 e. The summed E-state index contributed by atoms with van der Waals surface area (Å²) in [6.07, 6.45) is 2.54. The van der Waals surface area contributed by atoms with E-state index in [1.807, 2.05) is 6.26 Å². The van der Waals surface area contributed by atoms with Crippen molar-refractivity contribution in [2.45, 2.75) is 18.5 Å². The number of hydrogen-bond acceptors (Lipinski definition) is 5. The zero-order valence-corrected chi connectivity index (χ0v) is 10.7.